The number of urea groups is 1. The molecule has 1 unspecified atom stereocenters. The predicted octanol–water partition coefficient (Wildman–Crippen LogP) is 7.16. The molecule has 192 valence electrons. The average Bonchev–Trinajstić information content (AvgIpc) is 3.13. The first-order valence-corrected chi connectivity index (χ1v) is 13.4. The first-order chi connectivity index (χ1) is 17.4. The van der Waals surface area contributed by atoms with Crippen LogP contribution in [0.15, 0.2) is 59.0 Å². The number of nitrogens with zero attached hydrogens (tertiary/aromatic N) is 1. The first kappa shape index (κ1) is 26.4. The number of ether oxygens (including phenoxy) is 2. The molecule has 0 saturated carbocycles. The molecule has 0 aromatic heterocycles. The molecule has 1 atom stereocenters. The number of likely N-dealkylation sites (tertiary alicyclic amines) is 1. The monoisotopic (exact) mass is 575 g/mol. The number of nitrogens with one attached hydrogen (secondary N) is 2. The molecule has 4 rings (SSSR count). The Morgan fingerprint density at radius 3 is 2.50 bits per heavy atom. The highest BCUT2D eigenvalue weighted by molar-refractivity contribution is 9.12. The number of aliphatic hydroxyl groups excluding tert-OH is 1. The summed E-state index contributed by atoms with van der Waals surface area (Å²) in [5.41, 5.74) is 2.67. The Bertz CT molecular complexity index is 1130. The van der Waals surface area contributed by atoms with E-state index in [0.29, 0.717) is 33.2 Å². The predicted molar refractivity (Wildman–Crippen MR) is 148 cm³/mol. The van der Waals surface area contributed by atoms with E-state index in [1.165, 1.54) is 31.9 Å². The lowest BCUT2D eigenvalue weighted by molar-refractivity contribution is 0.189. The van der Waals surface area contributed by atoms with Crippen LogP contribution in [0.5, 0.6) is 5.75 Å². The number of hydrogen-bond donors (Lipinski definition) is 3. The molecular formula is C27H31BrClN3O4. The molecule has 2 aliphatic heterocycles. The van der Waals surface area contributed by atoms with Crippen LogP contribution in [0.3, 0.4) is 0 Å². The van der Waals surface area contributed by atoms with Crippen molar-refractivity contribution in [3.8, 4) is 5.75 Å². The molecule has 1 saturated heterocycles. The standard InChI is InChI=1S/C27H31BrClN3O4/c1-18-25(26(28)23(33)17-36-18)22-16-21(31-27(34)30-20-8-6-19(29)7-9-20)10-11-24(22)35-15-14-32-12-4-2-3-5-13-32/h6-11,16-18,33H,2-5,12-15H2,1H3,(H2,30,31,34). The molecule has 2 amide bonds. The molecule has 2 aromatic carbocycles. The molecule has 36 heavy (non-hydrogen) atoms. The van der Waals surface area contributed by atoms with Gasteiger partial charge in [0, 0.05) is 34.1 Å². The van der Waals surface area contributed by atoms with Crippen molar-refractivity contribution in [2.45, 2.75) is 38.7 Å². The second-order valence-electron chi connectivity index (χ2n) is 8.91. The highest BCUT2D eigenvalue weighted by atomic mass is 79.9. The number of rotatable bonds is 7. The van der Waals surface area contributed by atoms with E-state index in [1.807, 2.05) is 19.1 Å². The fraction of sp³-hybridized carbons (Fsp3) is 0.370. The van der Waals surface area contributed by atoms with Crippen LogP contribution in [0.2, 0.25) is 5.02 Å². The second kappa shape index (κ2) is 12.5. The summed E-state index contributed by atoms with van der Waals surface area (Å²) in [5, 5.41) is 16.5. The van der Waals surface area contributed by atoms with Gasteiger partial charge in [0.15, 0.2) is 5.76 Å². The zero-order chi connectivity index (χ0) is 25.5. The third-order valence-electron chi connectivity index (χ3n) is 6.25. The maximum atomic E-state index is 12.6. The number of benzene rings is 2. The van der Waals surface area contributed by atoms with E-state index in [2.05, 4.69) is 31.5 Å². The molecule has 0 radical (unpaired) electrons. The second-order valence-corrected chi connectivity index (χ2v) is 10.1. The SMILES string of the molecule is CC1OC=C(O)C(Br)=C1c1cc(NC(=O)Nc2ccc(Cl)cc2)ccc1OCCN1CCCCCC1. The summed E-state index contributed by atoms with van der Waals surface area (Å²) in [6, 6.07) is 12.0. The third kappa shape index (κ3) is 6.96. The molecule has 2 aromatic rings. The highest BCUT2D eigenvalue weighted by Gasteiger charge is 2.26. The van der Waals surface area contributed by atoms with Crippen molar-refractivity contribution in [2.75, 3.05) is 36.9 Å². The molecule has 3 N–H and O–H groups in total. The summed E-state index contributed by atoms with van der Waals surface area (Å²) in [6.07, 6.45) is 6.02. The Morgan fingerprint density at radius 1 is 1.11 bits per heavy atom. The quantitative estimate of drug-likeness (QED) is 0.326. The van der Waals surface area contributed by atoms with Crippen LogP contribution >= 0.6 is 27.5 Å². The van der Waals surface area contributed by atoms with Gasteiger partial charge in [-0.25, -0.2) is 4.79 Å². The van der Waals surface area contributed by atoms with E-state index < -0.39 is 0 Å². The summed E-state index contributed by atoms with van der Waals surface area (Å²) < 4.78 is 12.4. The van der Waals surface area contributed by atoms with Crippen LogP contribution in [0.4, 0.5) is 16.2 Å². The molecule has 7 nitrogen and oxygen atoms in total. The van der Waals surface area contributed by atoms with Gasteiger partial charge in [0.25, 0.3) is 0 Å². The number of aliphatic hydroxyl groups is 1. The van der Waals surface area contributed by atoms with Crippen LogP contribution in [-0.2, 0) is 4.74 Å². The van der Waals surface area contributed by atoms with Gasteiger partial charge >= 0.3 is 6.03 Å². The van der Waals surface area contributed by atoms with Crippen molar-refractivity contribution < 1.29 is 19.4 Å². The minimum Gasteiger partial charge on any atom is -0.504 e. The number of anilines is 2. The topological polar surface area (TPSA) is 83.1 Å². The van der Waals surface area contributed by atoms with Gasteiger partial charge in [0.1, 0.15) is 24.7 Å². The smallest absolute Gasteiger partial charge is 0.323 e. The van der Waals surface area contributed by atoms with Crippen LogP contribution in [0.1, 0.15) is 38.2 Å². The van der Waals surface area contributed by atoms with Gasteiger partial charge in [0.2, 0.25) is 0 Å². The van der Waals surface area contributed by atoms with Gasteiger partial charge < -0.3 is 25.2 Å². The highest BCUT2D eigenvalue weighted by Crippen LogP contribution is 2.40. The molecule has 9 heteroatoms. The molecule has 2 heterocycles. The largest absolute Gasteiger partial charge is 0.504 e. The van der Waals surface area contributed by atoms with Gasteiger partial charge in [-0.2, -0.15) is 0 Å². The van der Waals surface area contributed by atoms with Crippen LogP contribution in [0.25, 0.3) is 5.57 Å². The molecule has 0 spiro atoms. The van der Waals surface area contributed by atoms with Gasteiger partial charge in [-0.15, -0.1) is 0 Å². The number of amides is 2. The van der Waals surface area contributed by atoms with Crippen molar-refractivity contribution in [1.29, 1.82) is 0 Å². The van der Waals surface area contributed by atoms with Crippen molar-refractivity contribution in [3.05, 3.63) is 69.6 Å². The molecule has 0 aliphatic carbocycles. The van der Waals surface area contributed by atoms with Gasteiger partial charge in [0.05, 0.1) is 4.48 Å². The average molecular weight is 577 g/mol. The van der Waals surface area contributed by atoms with Gasteiger partial charge in [-0.1, -0.05) is 24.4 Å². The fourth-order valence-electron chi connectivity index (χ4n) is 4.36. The lowest BCUT2D eigenvalue weighted by atomic mass is 9.97. The fourth-order valence-corrected chi connectivity index (χ4v) is 5.11. The zero-order valence-electron chi connectivity index (χ0n) is 20.2. The van der Waals surface area contributed by atoms with E-state index in [1.54, 1.807) is 30.3 Å². The maximum absolute atomic E-state index is 12.6. The van der Waals surface area contributed by atoms with E-state index in [9.17, 15) is 9.90 Å². The third-order valence-corrected chi connectivity index (χ3v) is 7.33. The number of hydrogen-bond acceptors (Lipinski definition) is 5. The summed E-state index contributed by atoms with van der Waals surface area (Å²) >= 11 is 9.43. The van der Waals surface area contributed by atoms with E-state index in [0.717, 1.165) is 30.8 Å². The number of carbonyl (C=O) groups is 1. The van der Waals surface area contributed by atoms with E-state index in [-0.39, 0.29) is 17.9 Å². The van der Waals surface area contributed by atoms with Gasteiger partial charge in [-0.05, 0) is 91.2 Å². The molecular weight excluding hydrogens is 546 g/mol. The number of allylic oxidation sites excluding steroid dienone is 1. The van der Waals surface area contributed by atoms with Crippen LogP contribution in [-0.4, -0.2) is 48.4 Å². The van der Waals surface area contributed by atoms with Crippen molar-refractivity contribution >= 4 is 50.5 Å². The Labute approximate surface area is 225 Å². The Hall–Kier alpha value is -2.68. The Balaban J connectivity index is 1.53. The maximum Gasteiger partial charge on any atom is 0.323 e. The van der Waals surface area contributed by atoms with Crippen molar-refractivity contribution in [3.63, 3.8) is 0 Å². The minimum atomic E-state index is -0.387. The van der Waals surface area contributed by atoms with Crippen LogP contribution in [0, 0.1) is 0 Å². The Kier molecular flexibility index (Phi) is 9.18. The van der Waals surface area contributed by atoms with Crippen molar-refractivity contribution in [2.24, 2.45) is 0 Å². The Morgan fingerprint density at radius 2 is 1.78 bits per heavy atom. The minimum absolute atomic E-state index is 0.00235. The summed E-state index contributed by atoms with van der Waals surface area (Å²) in [5.74, 6) is 0.656. The van der Waals surface area contributed by atoms with Gasteiger partial charge in [-0.3, -0.25) is 4.90 Å². The lowest BCUT2D eigenvalue weighted by Gasteiger charge is -2.25. The van der Waals surface area contributed by atoms with E-state index >= 15 is 0 Å². The molecule has 2 aliphatic rings. The van der Waals surface area contributed by atoms with E-state index in [4.69, 9.17) is 21.1 Å². The number of halogens is 2. The summed E-state index contributed by atoms with van der Waals surface area (Å²) in [4.78, 5) is 15.1. The van der Waals surface area contributed by atoms with Crippen LogP contribution < -0.4 is 15.4 Å². The first-order valence-electron chi connectivity index (χ1n) is 12.2. The molecule has 0 bridgehead atoms. The summed E-state index contributed by atoms with van der Waals surface area (Å²) in [7, 11) is 0. The zero-order valence-corrected chi connectivity index (χ0v) is 22.6. The normalized spacial score (nSPS) is 18.6. The van der Waals surface area contributed by atoms with Crippen molar-refractivity contribution in [1.82, 2.24) is 4.90 Å². The number of carbonyl (C=O) groups excluding carboxylic acids is 1. The summed E-state index contributed by atoms with van der Waals surface area (Å²) in [6.45, 7) is 5.48. The molecule has 1 fully saturated rings. The lowest BCUT2D eigenvalue weighted by Crippen LogP contribution is -2.29.